The molecule has 1 rings (SSSR count). The van der Waals surface area contributed by atoms with Gasteiger partial charge in [-0.15, -0.1) is 0 Å². The third-order valence-electron chi connectivity index (χ3n) is 2.46. The van der Waals surface area contributed by atoms with Crippen molar-refractivity contribution in [2.45, 2.75) is 39.2 Å². The van der Waals surface area contributed by atoms with E-state index >= 15 is 0 Å². The van der Waals surface area contributed by atoms with Gasteiger partial charge in [0, 0.05) is 5.69 Å². The Hall–Kier alpha value is -1.56. The maximum absolute atomic E-state index is 13.2. The van der Waals surface area contributed by atoms with Crippen LogP contribution in [0.2, 0.25) is 0 Å². The molecule has 1 N–H and O–H groups in total. The van der Waals surface area contributed by atoms with Crippen molar-refractivity contribution < 1.29 is 4.39 Å². The summed E-state index contributed by atoms with van der Waals surface area (Å²) >= 11 is 0. The van der Waals surface area contributed by atoms with Crippen molar-refractivity contribution in [3.8, 4) is 6.07 Å². The van der Waals surface area contributed by atoms with Gasteiger partial charge in [0.25, 0.3) is 0 Å². The topological polar surface area (TPSA) is 35.8 Å². The summed E-state index contributed by atoms with van der Waals surface area (Å²) in [5.41, 5.74) is 0.879. The van der Waals surface area contributed by atoms with Gasteiger partial charge >= 0.3 is 0 Å². The summed E-state index contributed by atoms with van der Waals surface area (Å²) in [6.07, 6.45) is 1.64. The van der Waals surface area contributed by atoms with Crippen LogP contribution in [0.25, 0.3) is 0 Å². The molecule has 0 saturated heterocycles. The highest BCUT2D eigenvalue weighted by Gasteiger charge is 2.22. The molecule has 0 heterocycles. The number of nitrogens with one attached hydrogen (secondary N) is 1. The molecule has 0 fully saturated rings. The van der Waals surface area contributed by atoms with Crippen LogP contribution in [0.4, 0.5) is 10.1 Å². The number of hydrogen-bond donors (Lipinski definition) is 1. The number of aryl methyl sites for hydroxylation is 1. The van der Waals surface area contributed by atoms with Crippen molar-refractivity contribution in [3.63, 3.8) is 0 Å². The van der Waals surface area contributed by atoms with Crippen molar-refractivity contribution in [1.29, 1.82) is 5.26 Å². The lowest BCUT2D eigenvalue weighted by Gasteiger charge is -2.24. The van der Waals surface area contributed by atoms with Crippen molar-refractivity contribution in [1.82, 2.24) is 0 Å². The Morgan fingerprint density at radius 2 is 2.12 bits per heavy atom. The number of rotatable bonds is 4. The monoisotopic (exact) mass is 220 g/mol. The third-order valence-corrected chi connectivity index (χ3v) is 2.46. The molecule has 86 valence electrons. The molecule has 1 aromatic rings. The van der Waals surface area contributed by atoms with Gasteiger partial charge in [0.05, 0.1) is 6.07 Å². The molecule has 0 aromatic heterocycles. The molecule has 0 aliphatic rings. The summed E-state index contributed by atoms with van der Waals surface area (Å²) in [6.45, 7) is 5.68. The van der Waals surface area contributed by atoms with Crippen LogP contribution in [0.5, 0.6) is 0 Å². The van der Waals surface area contributed by atoms with Gasteiger partial charge in [-0.3, -0.25) is 0 Å². The Morgan fingerprint density at radius 1 is 1.44 bits per heavy atom. The Balaban J connectivity index is 2.90. The summed E-state index contributed by atoms with van der Waals surface area (Å²) in [5, 5.41) is 12.2. The SMILES string of the molecule is CCCC(C)(C#N)Nc1cc(C)cc(F)c1. The lowest BCUT2D eigenvalue weighted by Crippen LogP contribution is -2.32. The summed E-state index contributed by atoms with van der Waals surface area (Å²) in [7, 11) is 0. The fourth-order valence-electron chi connectivity index (χ4n) is 1.77. The minimum absolute atomic E-state index is 0.278. The lowest BCUT2D eigenvalue weighted by atomic mass is 9.97. The van der Waals surface area contributed by atoms with E-state index in [1.165, 1.54) is 12.1 Å². The largest absolute Gasteiger partial charge is 0.367 e. The van der Waals surface area contributed by atoms with Gasteiger partial charge in [0.2, 0.25) is 0 Å². The lowest BCUT2D eigenvalue weighted by molar-refractivity contribution is 0.576. The molecular formula is C13H17FN2. The second kappa shape index (κ2) is 4.98. The van der Waals surface area contributed by atoms with Gasteiger partial charge in [0.1, 0.15) is 11.4 Å². The first-order valence-electron chi connectivity index (χ1n) is 5.46. The fraction of sp³-hybridized carbons (Fsp3) is 0.462. The van der Waals surface area contributed by atoms with Crippen molar-refractivity contribution in [3.05, 3.63) is 29.6 Å². The molecular weight excluding hydrogens is 203 g/mol. The molecule has 1 atom stereocenters. The van der Waals surface area contributed by atoms with Gasteiger partial charge in [-0.2, -0.15) is 5.26 Å². The van der Waals surface area contributed by atoms with E-state index in [-0.39, 0.29) is 5.82 Å². The van der Waals surface area contributed by atoms with E-state index < -0.39 is 5.54 Å². The van der Waals surface area contributed by atoms with Crippen molar-refractivity contribution >= 4 is 5.69 Å². The summed E-state index contributed by atoms with van der Waals surface area (Å²) in [6, 6.07) is 6.96. The number of halogens is 1. The van der Waals surface area contributed by atoms with Crippen molar-refractivity contribution in [2.24, 2.45) is 0 Å². The zero-order chi connectivity index (χ0) is 12.2. The Labute approximate surface area is 96.1 Å². The van der Waals surface area contributed by atoms with Gasteiger partial charge in [-0.1, -0.05) is 13.3 Å². The van der Waals surface area contributed by atoms with Crippen LogP contribution < -0.4 is 5.32 Å². The average molecular weight is 220 g/mol. The van der Waals surface area contributed by atoms with E-state index in [4.69, 9.17) is 5.26 Å². The maximum atomic E-state index is 13.2. The first-order chi connectivity index (χ1) is 7.49. The van der Waals surface area contributed by atoms with Gasteiger partial charge in [0.15, 0.2) is 0 Å². The molecule has 0 radical (unpaired) electrons. The molecule has 0 aliphatic carbocycles. The highest BCUT2D eigenvalue weighted by molar-refractivity contribution is 5.49. The van der Waals surface area contributed by atoms with Crippen LogP contribution in [-0.4, -0.2) is 5.54 Å². The molecule has 0 bridgehead atoms. The smallest absolute Gasteiger partial charge is 0.125 e. The molecule has 0 spiro atoms. The highest BCUT2D eigenvalue weighted by Crippen LogP contribution is 2.21. The molecule has 1 aromatic carbocycles. The maximum Gasteiger partial charge on any atom is 0.125 e. The minimum atomic E-state index is -0.630. The van der Waals surface area contributed by atoms with E-state index in [1.54, 1.807) is 0 Å². The number of hydrogen-bond acceptors (Lipinski definition) is 2. The second-order valence-electron chi connectivity index (χ2n) is 4.34. The first kappa shape index (κ1) is 12.5. The second-order valence-corrected chi connectivity index (χ2v) is 4.34. The Bertz CT molecular complexity index is 389. The summed E-state index contributed by atoms with van der Waals surface area (Å²) in [4.78, 5) is 0. The highest BCUT2D eigenvalue weighted by atomic mass is 19.1. The van der Waals surface area contributed by atoms with E-state index in [2.05, 4.69) is 11.4 Å². The van der Waals surface area contributed by atoms with E-state index in [1.807, 2.05) is 26.8 Å². The third kappa shape index (κ3) is 3.23. The first-order valence-corrected chi connectivity index (χ1v) is 5.46. The molecule has 16 heavy (non-hydrogen) atoms. The van der Waals surface area contributed by atoms with Crippen LogP contribution in [0.1, 0.15) is 32.3 Å². The zero-order valence-corrected chi connectivity index (χ0v) is 9.97. The summed E-state index contributed by atoms with van der Waals surface area (Å²) in [5.74, 6) is -0.278. The van der Waals surface area contributed by atoms with E-state index in [9.17, 15) is 4.39 Å². The van der Waals surface area contributed by atoms with Gasteiger partial charge in [-0.05, 0) is 44.0 Å². The van der Waals surface area contributed by atoms with E-state index in [0.717, 1.165) is 18.4 Å². The van der Waals surface area contributed by atoms with Gasteiger partial charge < -0.3 is 5.32 Å². The van der Waals surface area contributed by atoms with Gasteiger partial charge in [-0.25, -0.2) is 4.39 Å². The van der Waals surface area contributed by atoms with Crippen LogP contribution in [0.15, 0.2) is 18.2 Å². The molecule has 3 heteroatoms. The quantitative estimate of drug-likeness (QED) is 0.841. The van der Waals surface area contributed by atoms with Crippen LogP contribution in [0, 0.1) is 24.1 Å². The molecule has 0 aliphatic heterocycles. The average Bonchev–Trinajstić information content (AvgIpc) is 2.16. The Morgan fingerprint density at radius 3 is 2.62 bits per heavy atom. The fourth-order valence-corrected chi connectivity index (χ4v) is 1.77. The Kier molecular flexibility index (Phi) is 3.89. The number of nitriles is 1. The van der Waals surface area contributed by atoms with Crippen LogP contribution in [-0.2, 0) is 0 Å². The summed E-state index contributed by atoms with van der Waals surface area (Å²) < 4.78 is 13.2. The predicted octanol–water partition coefficient (Wildman–Crippen LogP) is 3.63. The predicted molar refractivity (Wildman–Crippen MR) is 63.7 cm³/mol. The number of nitrogens with zero attached hydrogens (tertiary/aromatic N) is 1. The van der Waals surface area contributed by atoms with E-state index in [0.29, 0.717) is 5.69 Å². The molecule has 0 saturated carbocycles. The number of anilines is 1. The number of benzene rings is 1. The van der Waals surface area contributed by atoms with Crippen LogP contribution in [0.3, 0.4) is 0 Å². The molecule has 2 nitrogen and oxygen atoms in total. The minimum Gasteiger partial charge on any atom is -0.367 e. The molecule has 0 amide bonds. The zero-order valence-electron chi connectivity index (χ0n) is 9.97. The van der Waals surface area contributed by atoms with Crippen LogP contribution >= 0.6 is 0 Å². The molecule has 1 unspecified atom stereocenters. The normalized spacial score (nSPS) is 13.9. The van der Waals surface area contributed by atoms with Crippen molar-refractivity contribution in [2.75, 3.05) is 5.32 Å². The standard InChI is InChI=1S/C13H17FN2/c1-4-5-13(3,9-15)16-12-7-10(2)6-11(14)8-12/h6-8,16H,4-5H2,1-3H3.